The summed E-state index contributed by atoms with van der Waals surface area (Å²) in [6, 6.07) is 8.92. The van der Waals surface area contributed by atoms with Gasteiger partial charge in [0.25, 0.3) is 0 Å². The third-order valence-corrected chi connectivity index (χ3v) is 5.22. The highest BCUT2D eigenvalue weighted by molar-refractivity contribution is 8.00. The van der Waals surface area contributed by atoms with Crippen LogP contribution in [-0.4, -0.2) is 25.8 Å². The molecule has 1 amide bonds. The van der Waals surface area contributed by atoms with E-state index >= 15 is 0 Å². The van der Waals surface area contributed by atoms with Crippen LogP contribution in [-0.2, 0) is 11.3 Å². The van der Waals surface area contributed by atoms with Gasteiger partial charge in [-0.25, -0.2) is 0 Å². The predicted molar refractivity (Wildman–Crippen MR) is 102 cm³/mol. The summed E-state index contributed by atoms with van der Waals surface area (Å²) >= 11 is 19.3. The molecule has 1 atom stereocenters. The SMILES string of the molecule is CC(Sc1nnc2c(Cl)cc(Cl)cn12)C(=O)NCc1ccc(Cl)cc1. The Morgan fingerprint density at radius 1 is 1.20 bits per heavy atom. The molecule has 2 heterocycles. The van der Waals surface area contributed by atoms with Crippen LogP contribution < -0.4 is 5.32 Å². The van der Waals surface area contributed by atoms with Gasteiger partial charge in [0.05, 0.1) is 15.3 Å². The third-order valence-electron chi connectivity index (χ3n) is 3.43. The first-order chi connectivity index (χ1) is 11.9. The van der Waals surface area contributed by atoms with Crippen LogP contribution in [0.2, 0.25) is 15.1 Å². The van der Waals surface area contributed by atoms with Crippen molar-refractivity contribution in [3.63, 3.8) is 0 Å². The number of amides is 1. The molecule has 3 rings (SSSR count). The van der Waals surface area contributed by atoms with Crippen LogP contribution >= 0.6 is 46.6 Å². The molecule has 1 aromatic carbocycles. The Morgan fingerprint density at radius 3 is 2.64 bits per heavy atom. The second kappa shape index (κ2) is 7.83. The van der Waals surface area contributed by atoms with E-state index in [2.05, 4.69) is 15.5 Å². The summed E-state index contributed by atoms with van der Waals surface area (Å²) in [5, 5.41) is 12.7. The molecule has 0 aliphatic carbocycles. The molecule has 130 valence electrons. The standard InChI is InChI=1S/C16H13Cl3N4OS/c1-9(15(24)20-7-10-2-4-11(17)5-3-10)25-16-22-21-14-13(19)6-12(18)8-23(14)16/h2-6,8-9H,7H2,1H3,(H,20,24). The van der Waals surface area contributed by atoms with Gasteiger partial charge in [0.2, 0.25) is 5.91 Å². The summed E-state index contributed by atoms with van der Waals surface area (Å²) in [4.78, 5) is 12.3. The van der Waals surface area contributed by atoms with Crippen molar-refractivity contribution in [3.8, 4) is 0 Å². The monoisotopic (exact) mass is 414 g/mol. The number of thioether (sulfide) groups is 1. The van der Waals surface area contributed by atoms with Gasteiger partial charge < -0.3 is 5.32 Å². The lowest BCUT2D eigenvalue weighted by atomic mass is 10.2. The first kappa shape index (κ1) is 18.3. The zero-order valence-corrected chi connectivity index (χ0v) is 16.1. The maximum Gasteiger partial charge on any atom is 0.233 e. The topological polar surface area (TPSA) is 59.3 Å². The number of benzene rings is 1. The molecular formula is C16H13Cl3N4OS. The Bertz CT molecular complexity index is 914. The number of pyridine rings is 1. The van der Waals surface area contributed by atoms with E-state index in [-0.39, 0.29) is 11.2 Å². The molecule has 1 unspecified atom stereocenters. The van der Waals surface area contributed by atoms with Crippen LogP contribution in [0.4, 0.5) is 0 Å². The van der Waals surface area contributed by atoms with Crippen molar-refractivity contribution in [2.24, 2.45) is 0 Å². The average Bonchev–Trinajstić information content (AvgIpc) is 2.97. The highest BCUT2D eigenvalue weighted by Gasteiger charge is 2.18. The van der Waals surface area contributed by atoms with E-state index in [1.807, 2.05) is 12.1 Å². The Morgan fingerprint density at radius 2 is 1.92 bits per heavy atom. The van der Waals surface area contributed by atoms with Gasteiger partial charge >= 0.3 is 0 Å². The molecule has 25 heavy (non-hydrogen) atoms. The van der Waals surface area contributed by atoms with Crippen LogP contribution in [0.3, 0.4) is 0 Å². The zero-order valence-electron chi connectivity index (χ0n) is 13.0. The summed E-state index contributed by atoms with van der Waals surface area (Å²) in [5.41, 5.74) is 1.48. The lowest BCUT2D eigenvalue weighted by Crippen LogP contribution is -2.30. The maximum atomic E-state index is 12.3. The van der Waals surface area contributed by atoms with E-state index < -0.39 is 0 Å². The van der Waals surface area contributed by atoms with Crippen molar-refractivity contribution in [1.29, 1.82) is 0 Å². The molecule has 0 spiro atoms. The number of hydrogen-bond donors (Lipinski definition) is 1. The molecule has 1 N–H and O–H groups in total. The predicted octanol–water partition coefficient (Wildman–Crippen LogP) is 4.49. The molecule has 0 aliphatic rings. The molecule has 0 radical (unpaired) electrons. The van der Waals surface area contributed by atoms with Crippen molar-refractivity contribution in [2.45, 2.75) is 23.9 Å². The maximum absolute atomic E-state index is 12.3. The highest BCUT2D eigenvalue weighted by Crippen LogP contribution is 2.27. The molecule has 3 aromatic rings. The molecular weight excluding hydrogens is 403 g/mol. The first-order valence-electron chi connectivity index (χ1n) is 7.32. The molecule has 0 aliphatic heterocycles. The van der Waals surface area contributed by atoms with Crippen LogP contribution in [0.1, 0.15) is 12.5 Å². The van der Waals surface area contributed by atoms with Gasteiger partial charge in [-0.2, -0.15) is 0 Å². The summed E-state index contributed by atoms with van der Waals surface area (Å²) < 4.78 is 1.68. The summed E-state index contributed by atoms with van der Waals surface area (Å²) in [6.45, 7) is 2.23. The van der Waals surface area contributed by atoms with Gasteiger partial charge in [-0.3, -0.25) is 9.20 Å². The zero-order chi connectivity index (χ0) is 18.0. The van der Waals surface area contributed by atoms with Gasteiger partial charge in [0.1, 0.15) is 0 Å². The Balaban J connectivity index is 1.66. The summed E-state index contributed by atoms with van der Waals surface area (Å²) in [7, 11) is 0. The number of carbonyl (C=O) groups is 1. The Labute approximate surface area is 163 Å². The minimum absolute atomic E-state index is 0.107. The van der Waals surface area contributed by atoms with E-state index in [9.17, 15) is 4.79 Å². The van der Waals surface area contributed by atoms with Crippen molar-refractivity contribution >= 4 is 58.1 Å². The molecule has 0 saturated heterocycles. The van der Waals surface area contributed by atoms with Crippen LogP contribution in [0.15, 0.2) is 41.7 Å². The fourth-order valence-electron chi connectivity index (χ4n) is 2.13. The number of aromatic nitrogens is 3. The second-order valence-corrected chi connectivity index (χ2v) is 7.87. The first-order valence-corrected chi connectivity index (χ1v) is 9.34. The lowest BCUT2D eigenvalue weighted by molar-refractivity contribution is -0.120. The number of fused-ring (bicyclic) bond motifs is 1. The molecule has 0 bridgehead atoms. The Kier molecular flexibility index (Phi) is 5.74. The highest BCUT2D eigenvalue weighted by atomic mass is 35.5. The fourth-order valence-corrected chi connectivity index (χ4v) is 3.61. The minimum Gasteiger partial charge on any atom is -0.351 e. The number of halogens is 3. The van der Waals surface area contributed by atoms with Crippen LogP contribution in [0.5, 0.6) is 0 Å². The summed E-state index contributed by atoms with van der Waals surface area (Å²) in [6.07, 6.45) is 1.67. The quantitative estimate of drug-likeness (QED) is 0.624. The van der Waals surface area contributed by atoms with E-state index in [1.54, 1.807) is 35.7 Å². The largest absolute Gasteiger partial charge is 0.351 e. The van der Waals surface area contributed by atoms with Crippen LogP contribution in [0.25, 0.3) is 5.65 Å². The van der Waals surface area contributed by atoms with Gasteiger partial charge in [-0.1, -0.05) is 58.7 Å². The smallest absolute Gasteiger partial charge is 0.233 e. The molecule has 0 saturated carbocycles. The van der Waals surface area contributed by atoms with Crippen molar-refractivity contribution in [2.75, 3.05) is 0 Å². The van der Waals surface area contributed by atoms with Gasteiger partial charge in [0, 0.05) is 17.8 Å². The number of hydrogen-bond acceptors (Lipinski definition) is 4. The Hall–Kier alpha value is -1.47. The third kappa shape index (κ3) is 4.39. The van der Waals surface area contributed by atoms with Crippen molar-refractivity contribution < 1.29 is 4.79 Å². The van der Waals surface area contributed by atoms with Gasteiger partial charge in [0.15, 0.2) is 10.8 Å². The normalized spacial score (nSPS) is 12.3. The van der Waals surface area contributed by atoms with Crippen molar-refractivity contribution in [3.05, 3.63) is 57.2 Å². The number of carbonyl (C=O) groups excluding carboxylic acids is 1. The van der Waals surface area contributed by atoms with Crippen LogP contribution in [0, 0.1) is 0 Å². The van der Waals surface area contributed by atoms with Gasteiger partial charge in [-0.05, 0) is 30.7 Å². The van der Waals surface area contributed by atoms with Gasteiger partial charge in [-0.15, -0.1) is 10.2 Å². The van der Waals surface area contributed by atoms with E-state index in [4.69, 9.17) is 34.8 Å². The summed E-state index contributed by atoms with van der Waals surface area (Å²) in [5.74, 6) is -0.107. The number of nitrogens with zero attached hydrogens (tertiary/aromatic N) is 3. The van der Waals surface area contributed by atoms with E-state index in [0.29, 0.717) is 32.4 Å². The fraction of sp³-hybridized carbons (Fsp3) is 0.188. The number of rotatable bonds is 5. The second-order valence-electron chi connectivity index (χ2n) is 5.29. The van der Waals surface area contributed by atoms with E-state index in [0.717, 1.165) is 5.56 Å². The molecule has 2 aromatic heterocycles. The van der Waals surface area contributed by atoms with Crippen molar-refractivity contribution in [1.82, 2.24) is 19.9 Å². The van der Waals surface area contributed by atoms with E-state index in [1.165, 1.54) is 11.8 Å². The molecule has 9 heteroatoms. The lowest BCUT2D eigenvalue weighted by Gasteiger charge is -2.11. The molecule has 5 nitrogen and oxygen atoms in total. The minimum atomic E-state index is -0.363. The molecule has 0 fully saturated rings. The average molecular weight is 416 g/mol. The number of nitrogens with one attached hydrogen (secondary N) is 1.